The van der Waals surface area contributed by atoms with Crippen molar-refractivity contribution in [1.29, 1.82) is 0 Å². The van der Waals surface area contributed by atoms with Crippen molar-refractivity contribution in [2.45, 2.75) is 6.61 Å². The SMILES string of the molecule is O=C(NN=Cc1cc2ccccc2nc1Cl)c1ccccc1OCc1ccccc1. The summed E-state index contributed by atoms with van der Waals surface area (Å²) in [6.07, 6.45) is 1.48. The summed E-state index contributed by atoms with van der Waals surface area (Å²) in [5.41, 5.74) is 5.35. The molecule has 3 aromatic carbocycles. The first kappa shape index (κ1) is 19.6. The van der Waals surface area contributed by atoms with E-state index < -0.39 is 0 Å². The van der Waals surface area contributed by atoms with Crippen LogP contribution in [0.5, 0.6) is 5.75 Å². The van der Waals surface area contributed by atoms with Crippen LogP contribution in [0, 0.1) is 0 Å². The van der Waals surface area contributed by atoms with Gasteiger partial charge < -0.3 is 4.74 Å². The van der Waals surface area contributed by atoms with Gasteiger partial charge in [0.05, 0.1) is 17.3 Å². The molecule has 1 amide bonds. The lowest BCUT2D eigenvalue weighted by atomic mass is 10.2. The van der Waals surface area contributed by atoms with E-state index in [0.717, 1.165) is 16.5 Å². The van der Waals surface area contributed by atoms with Crippen LogP contribution in [0.1, 0.15) is 21.5 Å². The third kappa shape index (κ3) is 4.64. The molecule has 1 heterocycles. The highest BCUT2D eigenvalue weighted by Crippen LogP contribution is 2.20. The highest BCUT2D eigenvalue weighted by Gasteiger charge is 2.12. The summed E-state index contributed by atoms with van der Waals surface area (Å²) in [6, 6.07) is 26.3. The minimum Gasteiger partial charge on any atom is -0.488 e. The third-order valence-electron chi connectivity index (χ3n) is 4.44. The van der Waals surface area contributed by atoms with Crippen molar-refractivity contribution < 1.29 is 9.53 Å². The number of carbonyl (C=O) groups is 1. The number of rotatable bonds is 6. The fraction of sp³-hybridized carbons (Fsp3) is 0.0417. The summed E-state index contributed by atoms with van der Waals surface area (Å²) in [5, 5.41) is 5.30. The number of fused-ring (bicyclic) bond motifs is 1. The lowest BCUT2D eigenvalue weighted by Gasteiger charge is -2.10. The molecule has 0 aliphatic heterocycles. The molecule has 0 atom stereocenters. The van der Waals surface area contributed by atoms with Crippen LogP contribution in [-0.2, 0) is 6.61 Å². The predicted molar refractivity (Wildman–Crippen MR) is 119 cm³/mol. The Bertz CT molecular complexity index is 1210. The van der Waals surface area contributed by atoms with Gasteiger partial charge >= 0.3 is 0 Å². The van der Waals surface area contributed by atoms with Crippen LogP contribution in [-0.4, -0.2) is 17.1 Å². The maximum Gasteiger partial charge on any atom is 0.275 e. The van der Waals surface area contributed by atoms with E-state index in [1.54, 1.807) is 18.2 Å². The fourth-order valence-electron chi connectivity index (χ4n) is 2.94. The number of hydrogen-bond acceptors (Lipinski definition) is 4. The first-order valence-corrected chi connectivity index (χ1v) is 9.73. The van der Waals surface area contributed by atoms with E-state index in [1.807, 2.05) is 66.7 Å². The maximum atomic E-state index is 12.6. The van der Waals surface area contributed by atoms with Crippen LogP contribution in [0.2, 0.25) is 5.15 Å². The van der Waals surface area contributed by atoms with Crippen LogP contribution < -0.4 is 10.2 Å². The molecule has 30 heavy (non-hydrogen) atoms. The zero-order valence-corrected chi connectivity index (χ0v) is 16.7. The molecule has 0 spiro atoms. The van der Waals surface area contributed by atoms with Crippen molar-refractivity contribution in [3.63, 3.8) is 0 Å². The Labute approximate surface area is 179 Å². The van der Waals surface area contributed by atoms with Crippen LogP contribution in [0.15, 0.2) is 90.0 Å². The lowest BCUT2D eigenvalue weighted by molar-refractivity contribution is 0.0950. The second-order valence-corrected chi connectivity index (χ2v) is 6.89. The zero-order valence-electron chi connectivity index (χ0n) is 16.0. The molecular formula is C24H18ClN3O2. The van der Waals surface area contributed by atoms with Crippen molar-refractivity contribution in [3.05, 3.63) is 107 Å². The maximum absolute atomic E-state index is 12.6. The summed E-state index contributed by atoms with van der Waals surface area (Å²) in [5.74, 6) is 0.110. The monoisotopic (exact) mass is 415 g/mol. The molecule has 4 rings (SSSR count). The number of hydrogen-bond donors (Lipinski definition) is 1. The van der Waals surface area contributed by atoms with E-state index >= 15 is 0 Å². The molecule has 0 radical (unpaired) electrons. The minimum absolute atomic E-state index is 0.318. The lowest BCUT2D eigenvalue weighted by Crippen LogP contribution is -2.18. The van der Waals surface area contributed by atoms with Gasteiger partial charge in [0.1, 0.15) is 17.5 Å². The number of nitrogens with one attached hydrogen (secondary N) is 1. The number of amides is 1. The molecule has 0 bridgehead atoms. The van der Waals surface area contributed by atoms with Crippen molar-refractivity contribution in [3.8, 4) is 5.75 Å². The Hall–Kier alpha value is -3.70. The molecule has 148 valence electrons. The summed E-state index contributed by atoms with van der Waals surface area (Å²) in [7, 11) is 0. The van der Waals surface area contributed by atoms with Gasteiger partial charge in [-0.15, -0.1) is 0 Å². The molecule has 1 N–H and O–H groups in total. The molecule has 0 fully saturated rings. The highest BCUT2D eigenvalue weighted by atomic mass is 35.5. The smallest absolute Gasteiger partial charge is 0.275 e. The predicted octanol–water partition coefficient (Wildman–Crippen LogP) is 5.23. The Morgan fingerprint density at radius 2 is 1.73 bits per heavy atom. The minimum atomic E-state index is -0.375. The molecule has 0 aliphatic carbocycles. The Morgan fingerprint density at radius 1 is 1.00 bits per heavy atom. The first-order chi connectivity index (χ1) is 14.7. The Morgan fingerprint density at radius 3 is 2.60 bits per heavy atom. The van der Waals surface area contributed by atoms with Crippen molar-refractivity contribution >= 4 is 34.6 Å². The van der Waals surface area contributed by atoms with Crippen molar-refractivity contribution in [2.24, 2.45) is 5.10 Å². The molecule has 0 saturated carbocycles. The quantitative estimate of drug-likeness (QED) is 0.266. The summed E-state index contributed by atoms with van der Waals surface area (Å²) >= 11 is 6.23. The van der Waals surface area contributed by atoms with Gasteiger partial charge in [0, 0.05) is 10.9 Å². The van der Waals surface area contributed by atoms with E-state index in [-0.39, 0.29) is 5.91 Å². The van der Waals surface area contributed by atoms with E-state index in [2.05, 4.69) is 15.5 Å². The topological polar surface area (TPSA) is 63.6 Å². The fourth-order valence-corrected chi connectivity index (χ4v) is 3.13. The van der Waals surface area contributed by atoms with E-state index in [0.29, 0.717) is 28.6 Å². The number of halogens is 1. The van der Waals surface area contributed by atoms with Gasteiger partial charge in [-0.05, 0) is 29.8 Å². The highest BCUT2D eigenvalue weighted by molar-refractivity contribution is 6.32. The third-order valence-corrected chi connectivity index (χ3v) is 4.75. The number of pyridine rings is 1. The van der Waals surface area contributed by atoms with Crippen LogP contribution in [0.4, 0.5) is 0 Å². The number of hydrazone groups is 1. The number of benzene rings is 3. The van der Waals surface area contributed by atoms with Gasteiger partial charge in [-0.3, -0.25) is 4.79 Å². The average Bonchev–Trinajstić information content (AvgIpc) is 2.79. The summed E-state index contributed by atoms with van der Waals surface area (Å²) in [4.78, 5) is 17.0. The first-order valence-electron chi connectivity index (χ1n) is 9.35. The Kier molecular flexibility index (Phi) is 6.01. The standard InChI is InChI=1S/C24H18ClN3O2/c25-23-19(14-18-10-4-6-12-21(18)27-23)15-26-28-24(29)20-11-5-7-13-22(20)30-16-17-8-2-1-3-9-17/h1-15H,16H2,(H,28,29). The molecular weight excluding hydrogens is 398 g/mol. The normalized spacial score (nSPS) is 11.0. The number of para-hydroxylation sites is 2. The summed E-state index contributed by atoms with van der Waals surface area (Å²) in [6.45, 7) is 0.368. The van der Waals surface area contributed by atoms with E-state index in [9.17, 15) is 4.79 Å². The van der Waals surface area contributed by atoms with Crippen molar-refractivity contribution in [2.75, 3.05) is 0 Å². The van der Waals surface area contributed by atoms with Crippen LogP contribution in [0.25, 0.3) is 10.9 Å². The van der Waals surface area contributed by atoms with Crippen molar-refractivity contribution in [1.82, 2.24) is 10.4 Å². The number of ether oxygens (including phenoxy) is 1. The van der Waals surface area contributed by atoms with Gasteiger partial charge in [-0.25, -0.2) is 10.4 Å². The van der Waals surface area contributed by atoms with Gasteiger partial charge in [0.25, 0.3) is 5.91 Å². The molecule has 0 unspecified atom stereocenters. The van der Waals surface area contributed by atoms with Gasteiger partial charge in [0.2, 0.25) is 0 Å². The molecule has 0 saturated heterocycles. The zero-order chi connectivity index (χ0) is 20.8. The molecule has 0 aliphatic rings. The average molecular weight is 416 g/mol. The van der Waals surface area contributed by atoms with E-state index in [1.165, 1.54) is 6.21 Å². The Balaban J connectivity index is 1.46. The van der Waals surface area contributed by atoms with E-state index in [4.69, 9.17) is 16.3 Å². The molecule has 6 heteroatoms. The number of aromatic nitrogens is 1. The van der Waals surface area contributed by atoms with Gasteiger partial charge in [-0.1, -0.05) is 72.3 Å². The molecule has 5 nitrogen and oxygen atoms in total. The van der Waals surface area contributed by atoms with Gasteiger partial charge in [-0.2, -0.15) is 5.10 Å². The molecule has 4 aromatic rings. The van der Waals surface area contributed by atoms with Gasteiger partial charge in [0.15, 0.2) is 0 Å². The second-order valence-electron chi connectivity index (χ2n) is 6.53. The molecule has 1 aromatic heterocycles. The van der Waals surface area contributed by atoms with Crippen LogP contribution in [0.3, 0.4) is 0 Å². The second kappa shape index (κ2) is 9.20. The largest absolute Gasteiger partial charge is 0.488 e. The summed E-state index contributed by atoms with van der Waals surface area (Å²) < 4.78 is 5.83. The van der Waals surface area contributed by atoms with Crippen LogP contribution >= 0.6 is 11.6 Å². The number of nitrogens with zero attached hydrogens (tertiary/aromatic N) is 2. The number of carbonyl (C=O) groups excluding carboxylic acids is 1.